The molecule has 5 heteroatoms. The summed E-state index contributed by atoms with van der Waals surface area (Å²) in [6.07, 6.45) is 0.314. The van der Waals surface area contributed by atoms with Crippen LogP contribution in [0.4, 0.5) is 0 Å². The molecule has 1 aliphatic rings. The molecule has 2 atom stereocenters. The van der Waals surface area contributed by atoms with Crippen molar-refractivity contribution in [1.82, 2.24) is 0 Å². The van der Waals surface area contributed by atoms with E-state index >= 15 is 0 Å². The van der Waals surface area contributed by atoms with Gasteiger partial charge < -0.3 is 14.2 Å². The molecule has 2 rings (SSSR count). The van der Waals surface area contributed by atoms with Crippen LogP contribution in [0.2, 0.25) is 0 Å². The first kappa shape index (κ1) is 18.6. The van der Waals surface area contributed by atoms with E-state index < -0.39 is 11.2 Å². The fourth-order valence-electron chi connectivity index (χ4n) is 2.74. The predicted molar refractivity (Wildman–Crippen MR) is 93.0 cm³/mol. The molecule has 1 aliphatic heterocycles. The van der Waals surface area contributed by atoms with Gasteiger partial charge in [-0.05, 0) is 46.4 Å². The van der Waals surface area contributed by atoms with Crippen molar-refractivity contribution >= 4 is 12.7 Å². The molecule has 0 radical (unpaired) electrons. The standard InChI is InChI=1S/C19H27NO4/c1-18(2,11-16(20-5)14-9-7-6-8-10-14)17(21)22-12-15-13-23-19(3,4)24-15/h6-10,15-16H,5,11-13H2,1-4H3. The van der Waals surface area contributed by atoms with Crippen LogP contribution in [0, 0.1) is 5.41 Å². The monoisotopic (exact) mass is 333 g/mol. The summed E-state index contributed by atoms with van der Waals surface area (Å²) in [4.78, 5) is 16.7. The maximum atomic E-state index is 12.5. The summed E-state index contributed by atoms with van der Waals surface area (Å²) >= 11 is 0. The van der Waals surface area contributed by atoms with E-state index in [1.165, 1.54) is 0 Å². The van der Waals surface area contributed by atoms with Crippen molar-refractivity contribution in [1.29, 1.82) is 0 Å². The number of hydrogen-bond acceptors (Lipinski definition) is 5. The van der Waals surface area contributed by atoms with Gasteiger partial charge in [0, 0.05) is 0 Å². The smallest absolute Gasteiger partial charge is 0.311 e. The van der Waals surface area contributed by atoms with Gasteiger partial charge in [0.1, 0.15) is 12.7 Å². The molecule has 0 aliphatic carbocycles. The summed E-state index contributed by atoms with van der Waals surface area (Å²) in [7, 11) is 0. The van der Waals surface area contributed by atoms with E-state index in [-0.39, 0.29) is 24.7 Å². The predicted octanol–water partition coefficient (Wildman–Crippen LogP) is 3.54. The molecule has 2 unspecified atom stereocenters. The van der Waals surface area contributed by atoms with Crippen molar-refractivity contribution in [2.75, 3.05) is 13.2 Å². The first-order chi connectivity index (χ1) is 11.2. The van der Waals surface area contributed by atoms with Crippen molar-refractivity contribution in [3.8, 4) is 0 Å². The summed E-state index contributed by atoms with van der Waals surface area (Å²) in [6, 6.07) is 9.71. The Bertz CT molecular complexity index is 568. The SMILES string of the molecule is C=NC(CC(C)(C)C(=O)OCC1COC(C)(C)O1)c1ccccc1. The summed E-state index contributed by atoms with van der Waals surface area (Å²) in [5.74, 6) is -0.877. The summed E-state index contributed by atoms with van der Waals surface area (Å²) in [6.45, 7) is 11.7. The molecule has 1 aromatic rings. The fourth-order valence-corrected chi connectivity index (χ4v) is 2.74. The highest BCUT2D eigenvalue weighted by molar-refractivity contribution is 5.76. The lowest BCUT2D eigenvalue weighted by Gasteiger charge is -2.26. The average molecular weight is 333 g/mol. The van der Waals surface area contributed by atoms with E-state index in [1.54, 1.807) is 0 Å². The van der Waals surface area contributed by atoms with E-state index in [4.69, 9.17) is 14.2 Å². The maximum Gasteiger partial charge on any atom is 0.311 e. The Morgan fingerprint density at radius 3 is 2.62 bits per heavy atom. The first-order valence-electron chi connectivity index (χ1n) is 8.23. The molecule has 1 aromatic carbocycles. The molecule has 0 aromatic heterocycles. The first-order valence-corrected chi connectivity index (χ1v) is 8.23. The molecule has 1 heterocycles. The van der Waals surface area contributed by atoms with Crippen LogP contribution in [0.3, 0.4) is 0 Å². The number of rotatable bonds is 7. The van der Waals surface area contributed by atoms with Gasteiger partial charge in [0.25, 0.3) is 0 Å². The zero-order chi connectivity index (χ0) is 17.8. The van der Waals surface area contributed by atoms with E-state index in [0.717, 1.165) is 5.56 Å². The largest absolute Gasteiger partial charge is 0.462 e. The molecule has 132 valence electrons. The second-order valence-electron chi connectivity index (χ2n) is 7.25. The molecule has 1 saturated heterocycles. The van der Waals surface area contributed by atoms with Gasteiger partial charge >= 0.3 is 5.97 Å². The van der Waals surface area contributed by atoms with E-state index in [1.807, 2.05) is 58.0 Å². The maximum absolute atomic E-state index is 12.5. The Labute approximate surface area is 144 Å². The zero-order valence-corrected chi connectivity index (χ0v) is 15.0. The van der Waals surface area contributed by atoms with Crippen LogP contribution in [0.5, 0.6) is 0 Å². The van der Waals surface area contributed by atoms with Crippen LogP contribution in [0.25, 0.3) is 0 Å². The third-order valence-corrected chi connectivity index (χ3v) is 4.13. The summed E-state index contributed by atoms with van der Waals surface area (Å²) < 4.78 is 16.6. The zero-order valence-electron chi connectivity index (χ0n) is 15.0. The third-order valence-electron chi connectivity index (χ3n) is 4.13. The number of carbonyl (C=O) groups is 1. The number of carbonyl (C=O) groups excluding carboxylic acids is 1. The van der Waals surface area contributed by atoms with Crippen LogP contribution in [-0.4, -0.2) is 37.8 Å². The fraction of sp³-hybridized carbons (Fsp3) is 0.579. The van der Waals surface area contributed by atoms with E-state index in [9.17, 15) is 4.79 Å². The summed E-state index contributed by atoms with van der Waals surface area (Å²) in [5.41, 5.74) is 0.374. The van der Waals surface area contributed by atoms with E-state index in [0.29, 0.717) is 13.0 Å². The lowest BCUT2D eigenvalue weighted by atomic mass is 9.83. The minimum atomic E-state index is -0.670. The molecule has 0 spiro atoms. The second kappa shape index (κ2) is 7.45. The molecule has 5 nitrogen and oxygen atoms in total. The molecule has 24 heavy (non-hydrogen) atoms. The van der Waals surface area contributed by atoms with Gasteiger partial charge in [-0.1, -0.05) is 30.3 Å². The number of benzene rings is 1. The van der Waals surface area contributed by atoms with Crippen molar-refractivity contribution < 1.29 is 19.0 Å². The minimum Gasteiger partial charge on any atom is -0.462 e. The average Bonchev–Trinajstić information content (AvgIpc) is 2.90. The van der Waals surface area contributed by atoms with Crippen molar-refractivity contribution in [2.45, 2.75) is 52.0 Å². The molecule has 0 N–H and O–H groups in total. The Balaban J connectivity index is 1.91. The molecule has 0 amide bonds. The van der Waals surface area contributed by atoms with Crippen molar-refractivity contribution in [3.05, 3.63) is 35.9 Å². The highest BCUT2D eigenvalue weighted by Crippen LogP contribution is 2.33. The topological polar surface area (TPSA) is 57.1 Å². The quantitative estimate of drug-likeness (QED) is 0.566. The van der Waals surface area contributed by atoms with Gasteiger partial charge in [0.15, 0.2) is 5.79 Å². The number of ether oxygens (including phenoxy) is 3. The highest BCUT2D eigenvalue weighted by Gasteiger charge is 2.36. The number of aliphatic imine (C=N–C) groups is 1. The lowest BCUT2D eigenvalue weighted by molar-refractivity contribution is -0.165. The van der Waals surface area contributed by atoms with Crippen molar-refractivity contribution in [3.63, 3.8) is 0 Å². The van der Waals surface area contributed by atoms with Gasteiger partial charge in [-0.25, -0.2) is 0 Å². The van der Waals surface area contributed by atoms with Gasteiger partial charge in [0.2, 0.25) is 0 Å². The van der Waals surface area contributed by atoms with Crippen LogP contribution >= 0.6 is 0 Å². The Hall–Kier alpha value is -1.72. The molecule has 0 saturated carbocycles. The summed E-state index contributed by atoms with van der Waals surface area (Å²) in [5, 5.41) is 0. The molecule has 0 bridgehead atoms. The number of esters is 1. The lowest BCUT2D eigenvalue weighted by Crippen LogP contribution is -2.32. The van der Waals surface area contributed by atoms with Crippen LogP contribution < -0.4 is 0 Å². The highest BCUT2D eigenvalue weighted by atomic mass is 16.7. The molecular weight excluding hydrogens is 306 g/mol. The van der Waals surface area contributed by atoms with Crippen molar-refractivity contribution in [2.24, 2.45) is 10.4 Å². The minimum absolute atomic E-state index is 0.140. The Kier molecular flexibility index (Phi) is 5.78. The van der Waals surface area contributed by atoms with Crippen LogP contribution in [0.1, 0.15) is 45.7 Å². The van der Waals surface area contributed by atoms with E-state index in [2.05, 4.69) is 11.7 Å². The van der Waals surface area contributed by atoms with Gasteiger partial charge in [-0.3, -0.25) is 9.79 Å². The number of nitrogens with zero attached hydrogens (tertiary/aromatic N) is 1. The van der Waals surface area contributed by atoms with Gasteiger partial charge in [0.05, 0.1) is 18.1 Å². The number of hydrogen-bond donors (Lipinski definition) is 0. The third kappa shape index (κ3) is 4.89. The molecular formula is C19H27NO4. The second-order valence-corrected chi connectivity index (χ2v) is 7.25. The van der Waals surface area contributed by atoms with Crippen LogP contribution in [-0.2, 0) is 19.0 Å². The van der Waals surface area contributed by atoms with Gasteiger partial charge in [-0.15, -0.1) is 0 Å². The van der Waals surface area contributed by atoms with Crippen LogP contribution in [0.15, 0.2) is 35.3 Å². The Morgan fingerprint density at radius 1 is 1.42 bits per heavy atom. The van der Waals surface area contributed by atoms with Gasteiger partial charge in [-0.2, -0.15) is 0 Å². The Morgan fingerprint density at radius 2 is 2.08 bits per heavy atom. The normalized spacial score (nSPS) is 21.2. The molecule has 1 fully saturated rings.